The molecule has 1 aromatic carbocycles. The Morgan fingerprint density at radius 3 is 2.57 bits per heavy atom. The Morgan fingerprint density at radius 2 is 1.90 bits per heavy atom. The summed E-state index contributed by atoms with van der Waals surface area (Å²) in [5.41, 5.74) is 1.19. The highest BCUT2D eigenvalue weighted by molar-refractivity contribution is 5.89. The van der Waals surface area contributed by atoms with Gasteiger partial charge in [0, 0.05) is 31.0 Å². The summed E-state index contributed by atoms with van der Waals surface area (Å²) < 4.78 is 41.8. The maximum Gasteiger partial charge on any atom is 0.573 e. The quantitative estimate of drug-likeness (QED) is 0.506. The smallest absolute Gasteiger partial charge is 0.406 e. The molecule has 0 saturated heterocycles. The zero-order valence-electron chi connectivity index (χ0n) is 15.8. The van der Waals surface area contributed by atoms with Crippen molar-refractivity contribution >= 4 is 17.5 Å². The number of halogens is 3. The maximum atomic E-state index is 12.1. The van der Waals surface area contributed by atoms with Gasteiger partial charge in [0.05, 0.1) is 5.69 Å². The van der Waals surface area contributed by atoms with Crippen molar-refractivity contribution in [3.63, 3.8) is 0 Å². The minimum Gasteiger partial charge on any atom is -0.406 e. The summed E-state index contributed by atoms with van der Waals surface area (Å²) in [4.78, 5) is 20.1. The second-order valence-corrected chi connectivity index (χ2v) is 6.04. The van der Waals surface area contributed by atoms with Crippen molar-refractivity contribution in [2.75, 3.05) is 23.7 Å². The molecule has 0 atom stereocenters. The van der Waals surface area contributed by atoms with E-state index in [9.17, 15) is 18.0 Å². The number of ether oxygens (including phenoxy) is 1. The number of anilines is 2. The Labute approximate surface area is 169 Å². The standard InChI is InChI=1S/C18H18F3N7O2/c1-12-6-9-28(27-12)16-10-15(24-11-25-16)22-7-8-23-17(29)26-13-2-4-14(5-3-13)30-18(19,20)21/h2-6,9-11H,7-8H2,1H3,(H,22,24,25)(H2,23,26,29). The lowest BCUT2D eigenvalue weighted by Crippen LogP contribution is -2.32. The van der Waals surface area contributed by atoms with Crippen molar-refractivity contribution in [3.8, 4) is 11.6 Å². The lowest BCUT2D eigenvalue weighted by molar-refractivity contribution is -0.274. The van der Waals surface area contributed by atoms with E-state index in [4.69, 9.17) is 0 Å². The van der Waals surface area contributed by atoms with Gasteiger partial charge >= 0.3 is 12.4 Å². The van der Waals surface area contributed by atoms with Crippen LogP contribution in [0.5, 0.6) is 5.75 Å². The molecule has 0 radical (unpaired) electrons. The zero-order valence-corrected chi connectivity index (χ0v) is 15.8. The van der Waals surface area contributed by atoms with Gasteiger partial charge in [-0.2, -0.15) is 5.10 Å². The van der Waals surface area contributed by atoms with Crippen molar-refractivity contribution in [3.05, 3.63) is 54.6 Å². The fourth-order valence-corrected chi connectivity index (χ4v) is 2.39. The van der Waals surface area contributed by atoms with Crippen LogP contribution in [0.3, 0.4) is 0 Å². The second-order valence-electron chi connectivity index (χ2n) is 6.04. The second kappa shape index (κ2) is 9.11. The number of amides is 2. The molecule has 0 fully saturated rings. The van der Waals surface area contributed by atoms with Gasteiger partial charge in [0.1, 0.15) is 17.9 Å². The molecule has 30 heavy (non-hydrogen) atoms. The third kappa shape index (κ3) is 6.36. The largest absolute Gasteiger partial charge is 0.573 e. The Kier molecular flexibility index (Phi) is 6.35. The van der Waals surface area contributed by atoms with Crippen molar-refractivity contribution in [2.45, 2.75) is 13.3 Å². The minimum atomic E-state index is -4.76. The average molecular weight is 421 g/mol. The molecule has 0 spiro atoms. The number of hydrogen-bond acceptors (Lipinski definition) is 6. The van der Waals surface area contributed by atoms with Crippen molar-refractivity contribution < 1.29 is 22.7 Å². The number of rotatable bonds is 7. The molecule has 9 nitrogen and oxygen atoms in total. The van der Waals surface area contributed by atoms with E-state index < -0.39 is 12.4 Å². The molecule has 0 aliphatic rings. The van der Waals surface area contributed by atoms with Gasteiger partial charge in [-0.25, -0.2) is 19.4 Å². The minimum absolute atomic E-state index is 0.279. The summed E-state index contributed by atoms with van der Waals surface area (Å²) in [6, 6.07) is 7.90. The van der Waals surface area contributed by atoms with Crippen LogP contribution in [0.25, 0.3) is 5.82 Å². The fourth-order valence-electron chi connectivity index (χ4n) is 2.39. The highest BCUT2D eigenvalue weighted by atomic mass is 19.4. The van der Waals surface area contributed by atoms with E-state index in [-0.39, 0.29) is 12.3 Å². The summed E-state index contributed by atoms with van der Waals surface area (Å²) in [6.07, 6.45) is -1.57. The first-order valence-electron chi connectivity index (χ1n) is 8.78. The molecule has 3 aromatic rings. The van der Waals surface area contributed by atoms with E-state index >= 15 is 0 Å². The Morgan fingerprint density at radius 1 is 1.13 bits per heavy atom. The molecule has 3 N–H and O–H groups in total. The molecule has 2 amide bonds. The highest BCUT2D eigenvalue weighted by Crippen LogP contribution is 2.23. The number of carbonyl (C=O) groups excluding carboxylic acids is 1. The fraction of sp³-hybridized carbons (Fsp3) is 0.222. The number of aromatic nitrogens is 4. The topological polar surface area (TPSA) is 106 Å². The van der Waals surface area contributed by atoms with Gasteiger partial charge in [0.15, 0.2) is 5.82 Å². The first-order valence-corrected chi connectivity index (χ1v) is 8.78. The molecule has 12 heteroatoms. The number of nitrogens with one attached hydrogen (secondary N) is 3. The average Bonchev–Trinajstić information content (AvgIpc) is 3.12. The van der Waals surface area contributed by atoms with Crippen molar-refractivity contribution in [1.29, 1.82) is 0 Å². The Bertz CT molecular complexity index is 990. The van der Waals surface area contributed by atoms with Gasteiger partial charge in [0.25, 0.3) is 0 Å². The molecular weight excluding hydrogens is 403 g/mol. The Hall–Kier alpha value is -3.83. The summed E-state index contributed by atoms with van der Waals surface area (Å²) in [7, 11) is 0. The monoisotopic (exact) mass is 421 g/mol. The van der Waals surface area contributed by atoms with E-state index in [1.54, 1.807) is 16.9 Å². The number of aryl methyl sites for hydroxylation is 1. The van der Waals surface area contributed by atoms with E-state index in [0.29, 0.717) is 23.9 Å². The molecular formula is C18H18F3N7O2. The number of benzene rings is 1. The van der Waals surface area contributed by atoms with Gasteiger partial charge in [0.2, 0.25) is 0 Å². The van der Waals surface area contributed by atoms with Gasteiger partial charge in [-0.1, -0.05) is 0 Å². The summed E-state index contributed by atoms with van der Waals surface area (Å²) >= 11 is 0. The Balaban J connectivity index is 1.42. The van der Waals surface area contributed by atoms with Gasteiger partial charge < -0.3 is 20.7 Å². The number of hydrogen-bond donors (Lipinski definition) is 3. The van der Waals surface area contributed by atoms with Crippen LogP contribution in [0.4, 0.5) is 29.5 Å². The SMILES string of the molecule is Cc1ccn(-c2cc(NCCNC(=O)Nc3ccc(OC(F)(F)F)cc3)ncn2)n1. The number of carbonyl (C=O) groups is 1. The van der Waals surface area contributed by atoms with Crippen LogP contribution in [0.15, 0.2) is 48.9 Å². The van der Waals surface area contributed by atoms with E-state index in [1.807, 2.05) is 13.0 Å². The molecule has 3 rings (SSSR count). The third-order valence-corrected chi connectivity index (χ3v) is 3.67. The van der Waals surface area contributed by atoms with Crippen LogP contribution in [-0.4, -0.2) is 45.2 Å². The lowest BCUT2D eigenvalue weighted by Gasteiger charge is -2.11. The van der Waals surface area contributed by atoms with Gasteiger partial charge in [-0.15, -0.1) is 13.2 Å². The molecule has 0 aliphatic carbocycles. The molecule has 0 unspecified atom stereocenters. The third-order valence-electron chi connectivity index (χ3n) is 3.67. The summed E-state index contributed by atoms with van der Waals surface area (Å²) in [6.45, 7) is 2.54. The zero-order chi connectivity index (χ0) is 21.6. The molecule has 0 saturated carbocycles. The normalized spacial score (nSPS) is 11.1. The summed E-state index contributed by atoms with van der Waals surface area (Å²) in [5.74, 6) is 0.798. The number of alkyl halides is 3. The van der Waals surface area contributed by atoms with Gasteiger partial charge in [-0.3, -0.25) is 0 Å². The summed E-state index contributed by atoms with van der Waals surface area (Å²) in [5, 5.41) is 12.5. The number of nitrogens with zero attached hydrogens (tertiary/aromatic N) is 4. The maximum absolute atomic E-state index is 12.1. The predicted molar refractivity (Wildman–Crippen MR) is 103 cm³/mol. The first-order chi connectivity index (χ1) is 14.3. The van der Waals surface area contributed by atoms with Crippen LogP contribution in [0.2, 0.25) is 0 Å². The van der Waals surface area contributed by atoms with Crippen LogP contribution in [-0.2, 0) is 0 Å². The van der Waals surface area contributed by atoms with Crippen LogP contribution < -0.4 is 20.7 Å². The van der Waals surface area contributed by atoms with Crippen LogP contribution in [0.1, 0.15) is 5.69 Å². The van der Waals surface area contributed by atoms with Crippen molar-refractivity contribution in [1.82, 2.24) is 25.1 Å². The van der Waals surface area contributed by atoms with E-state index in [0.717, 1.165) is 17.8 Å². The highest BCUT2D eigenvalue weighted by Gasteiger charge is 2.30. The molecule has 2 heterocycles. The van der Waals surface area contributed by atoms with E-state index in [1.165, 1.54) is 18.5 Å². The first kappa shape index (κ1) is 20.9. The molecule has 0 bridgehead atoms. The van der Waals surface area contributed by atoms with Crippen LogP contribution in [0, 0.1) is 6.92 Å². The predicted octanol–water partition coefficient (Wildman–Crippen LogP) is 3.10. The molecule has 158 valence electrons. The number of urea groups is 1. The molecule has 2 aromatic heterocycles. The lowest BCUT2D eigenvalue weighted by atomic mass is 10.3. The van der Waals surface area contributed by atoms with Crippen molar-refractivity contribution in [2.24, 2.45) is 0 Å². The van der Waals surface area contributed by atoms with Crippen LogP contribution >= 0.6 is 0 Å². The van der Waals surface area contributed by atoms with E-state index in [2.05, 4.69) is 35.8 Å². The van der Waals surface area contributed by atoms with Gasteiger partial charge in [-0.05, 0) is 37.3 Å². The molecule has 0 aliphatic heterocycles.